The van der Waals surface area contributed by atoms with Gasteiger partial charge >= 0.3 is 0 Å². The molecule has 0 aliphatic rings. The van der Waals surface area contributed by atoms with E-state index in [2.05, 4.69) is 31.6 Å². The van der Waals surface area contributed by atoms with Crippen LogP contribution in [0.15, 0.2) is 51.9 Å². The highest BCUT2D eigenvalue weighted by molar-refractivity contribution is 9.10. The van der Waals surface area contributed by atoms with E-state index in [1.807, 2.05) is 13.8 Å². The first-order valence-corrected chi connectivity index (χ1v) is 8.04. The van der Waals surface area contributed by atoms with Crippen molar-refractivity contribution in [2.24, 2.45) is 4.99 Å². The van der Waals surface area contributed by atoms with E-state index in [1.54, 1.807) is 36.4 Å². The molecule has 0 aliphatic heterocycles. The number of rotatable bonds is 4. The van der Waals surface area contributed by atoms with Crippen LogP contribution in [0.1, 0.15) is 19.4 Å². The second-order valence-electron chi connectivity index (χ2n) is 5.37. The zero-order valence-corrected chi connectivity index (χ0v) is 14.6. The predicted octanol–water partition coefficient (Wildman–Crippen LogP) is 4.26. The van der Waals surface area contributed by atoms with Gasteiger partial charge in [0.25, 0.3) is 0 Å². The Morgan fingerprint density at radius 1 is 1.22 bits per heavy atom. The molecule has 0 amide bonds. The summed E-state index contributed by atoms with van der Waals surface area (Å²) in [4.78, 5) is 4.42. The number of phenolic OH excluding ortho intramolecular Hbond substituents is 1. The normalized spacial score (nSPS) is 11.6. The topological polar surface area (TPSA) is 56.7 Å². The molecule has 4 nitrogen and oxygen atoms in total. The molecule has 6 heteroatoms. The molecule has 0 heterocycles. The zero-order valence-electron chi connectivity index (χ0n) is 13.0. The van der Waals surface area contributed by atoms with Gasteiger partial charge in [0.15, 0.2) is 5.96 Å². The van der Waals surface area contributed by atoms with Gasteiger partial charge in [-0.2, -0.15) is 0 Å². The lowest BCUT2D eigenvalue weighted by Gasteiger charge is -2.15. The highest BCUT2D eigenvalue weighted by Crippen LogP contribution is 2.17. The Morgan fingerprint density at radius 3 is 2.57 bits per heavy atom. The third kappa shape index (κ3) is 5.56. The van der Waals surface area contributed by atoms with E-state index in [0.717, 1.165) is 10.2 Å². The van der Waals surface area contributed by atoms with Crippen LogP contribution in [0.3, 0.4) is 0 Å². The van der Waals surface area contributed by atoms with Crippen molar-refractivity contribution >= 4 is 27.6 Å². The van der Waals surface area contributed by atoms with E-state index in [0.29, 0.717) is 11.5 Å². The van der Waals surface area contributed by atoms with Crippen molar-refractivity contribution in [3.63, 3.8) is 0 Å². The number of halogens is 2. The molecule has 0 atom stereocenters. The molecule has 3 N–H and O–H groups in total. The minimum atomic E-state index is -0.287. The Morgan fingerprint density at radius 2 is 1.91 bits per heavy atom. The van der Waals surface area contributed by atoms with Crippen LogP contribution >= 0.6 is 15.9 Å². The van der Waals surface area contributed by atoms with Crippen molar-refractivity contribution < 1.29 is 9.50 Å². The summed E-state index contributed by atoms with van der Waals surface area (Å²) in [6.07, 6.45) is 0. The lowest BCUT2D eigenvalue weighted by molar-refractivity contribution is 0.475. The van der Waals surface area contributed by atoms with Crippen LogP contribution in [-0.4, -0.2) is 17.1 Å². The molecule has 23 heavy (non-hydrogen) atoms. The predicted molar refractivity (Wildman–Crippen MR) is 95.2 cm³/mol. The van der Waals surface area contributed by atoms with Crippen LogP contribution in [0.25, 0.3) is 0 Å². The standard InChI is InChI=1S/C17H19BrFN3O/c1-11(2)21-17(22-14-4-6-15(23)7-5-14)20-10-12-9-13(18)3-8-16(12)19/h3-9,11,23H,10H2,1-2H3,(H2,20,21,22). The summed E-state index contributed by atoms with van der Waals surface area (Å²) >= 11 is 3.33. The van der Waals surface area contributed by atoms with E-state index < -0.39 is 0 Å². The van der Waals surface area contributed by atoms with Crippen molar-refractivity contribution in [3.05, 3.63) is 58.3 Å². The van der Waals surface area contributed by atoms with Gasteiger partial charge in [-0.05, 0) is 56.3 Å². The molecule has 122 valence electrons. The number of nitrogens with one attached hydrogen (secondary N) is 2. The highest BCUT2D eigenvalue weighted by Gasteiger charge is 2.05. The van der Waals surface area contributed by atoms with Gasteiger partial charge in [0.05, 0.1) is 6.54 Å². The summed E-state index contributed by atoms with van der Waals surface area (Å²) < 4.78 is 14.6. The van der Waals surface area contributed by atoms with Crippen molar-refractivity contribution in [2.45, 2.75) is 26.4 Å². The maximum atomic E-state index is 13.8. The van der Waals surface area contributed by atoms with Gasteiger partial charge in [-0.25, -0.2) is 9.38 Å². The summed E-state index contributed by atoms with van der Waals surface area (Å²) in [5.74, 6) is 0.456. The Labute approximate surface area is 143 Å². The largest absolute Gasteiger partial charge is 0.508 e. The van der Waals surface area contributed by atoms with Crippen LogP contribution < -0.4 is 10.6 Å². The molecule has 2 aromatic rings. The molecule has 2 rings (SSSR count). The van der Waals surface area contributed by atoms with Gasteiger partial charge in [0.2, 0.25) is 0 Å². The van der Waals surface area contributed by atoms with E-state index in [1.165, 1.54) is 6.07 Å². The number of hydrogen-bond donors (Lipinski definition) is 3. The summed E-state index contributed by atoms with van der Waals surface area (Å²) in [5.41, 5.74) is 1.29. The molecular weight excluding hydrogens is 361 g/mol. The zero-order chi connectivity index (χ0) is 16.8. The van der Waals surface area contributed by atoms with Crippen LogP contribution in [0.4, 0.5) is 10.1 Å². The number of aliphatic imine (C=N–C) groups is 1. The fourth-order valence-corrected chi connectivity index (χ4v) is 2.31. The maximum Gasteiger partial charge on any atom is 0.196 e. The Hall–Kier alpha value is -2.08. The fraction of sp³-hybridized carbons (Fsp3) is 0.235. The molecule has 0 aromatic heterocycles. The first-order chi connectivity index (χ1) is 10.9. The number of phenols is 1. The first-order valence-electron chi connectivity index (χ1n) is 7.25. The van der Waals surface area contributed by atoms with E-state index in [-0.39, 0.29) is 24.2 Å². The molecule has 0 fully saturated rings. The molecule has 0 bridgehead atoms. The Bertz CT molecular complexity index is 687. The van der Waals surface area contributed by atoms with Crippen molar-refractivity contribution in [1.29, 1.82) is 0 Å². The lowest BCUT2D eigenvalue weighted by Crippen LogP contribution is -2.36. The number of guanidine groups is 1. The lowest BCUT2D eigenvalue weighted by atomic mass is 10.2. The Kier molecular flexibility index (Phi) is 5.98. The number of benzene rings is 2. The minimum Gasteiger partial charge on any atom is -0.508 e. The summed E-state index contributed by atoms with van der Waals surface area (Å²) in [6, 6.07) is 11.6. The fourth-order valence-electron chi connectivity index (χ4n) is 1.90. The minimum absolute atomic E-state index is 0.172. The van der Waals surface area contributed by atoms with Gasteiger partial charge in [0, 0.05) is 21.8 Å². The van der Waals surface area contributed by atoms with Crippen molar-refractivity contribution in [3.8, 4) is 5.75 Å². The van der Waals surface area contributed by atoms with Crippen LogP contribution in [0.2, 0.25) is 0 Å². The van der Waals surface area contributed by atoms with E-state index in [4.69, 9.17) is 0 Å². The smallest absolute Gasteiger partial charge is 0.196 e. The second-order valence-corrected chi connectivity index (χ2v) is 6.29. The highest BCUT2D eigenvalue weighted by atomic mass is 79.9. The SMILES string of the molecule is CC(C)NC(=NCc1cc(Br)ccc1F)Nc1ccc(O)cc1. The third-order valence-corrected chi connectivity index (χ3v) is 3.46. The average Bonchev–Trinajstić information content (AvgIpc) is 2.49. The van der Waals surface area contributed by atoms with Gasteiger partial charge in [-0.1, -0.05) is 15.9 Å². The quantitative estimate of drug-likeness (QED) is 0.422. The molecule has 2 aromatic carbocycles. The van der Waals surface area contributed by atoms with E-state index >= 15 is 0 Å². The molecule has 0 saturated heterocycles. The summed E-state index contributed by atoms with van der Waals surface area (Å²) in [6.45, 7) is 4.20. The van der Waals surface area contributed by atoms with Crippen molar-refractivity contribution in [1.82, 2.24) is 5.32 Å². The number of hydrogen-bond acceptors (Lipinski definition) is 2. The van der Waals surface area contributed by atoms with Crippen molar-refractivity contribution in [2.75, 3.05) is 5.32 Å². The summed E-state index contributed by atoms with van der Waals surface area (Å²) in [7, 11) is 0. The molecule has 0 radical (unpaired) electrons. The molecular formula is C17H19BrFN3O. The second kappa shape index (κ2) is 7.97. The van der Waals surface area contributed by atoms with Crippen LogP contribution in [0.5, 0.6) is 5.75 Å². The van der Waals surface area contributed by atoms with Crippen LogP contribution in [0, 0.1) is 5.82 Å². The van der Waals surface area contributed by atoms with E-state index in [9.17, 15) is 9.50 Å². The summed E-state index contributed by atoms with van der Waals surface area (Å²) in [5, 5.41) is 15.7. The number of anilines is 1. The Balaban J connectivity index is 2.16. The molecule has 0 spiro atoms. The van der Waals surface area contributed by atoms with Gasteiger partial charge < -0.3 is 15.7 Å². The molecule has 0 aliphatic carbocycles. The number of aromatic hydroxyl groups is 1. The molecule has 0 saturated carbocycles. The van der Waals surface area contributed by atoms with Gasteiger partial charge in [0.1, 0.15) is 11.6 Å². The third-order valence-electron chi connectivity index (χ3n) is 2.97. The van der Waals surface area contributed by atoms with Gasteiger partial charge in [-0.3, -0.25) is 0 Å². The first kappa shape index (κ1) is 17.3. The maximum absolute atomic E-state index is 13.8. The van der Waals surface area contributed by atoms with Gasteiger partial charge in [-0.15, -0.1) is 0 Å². The molecule has 0 unspecified atom stereocenters. The van der Waals surface area contributed by atoms with Crippen LogP contribution in [-0.2, 0) is 6.54 Å². The monoisotopic (exact) mass is 379 g/mol. The average molecular weight is 380 g/mol. The number of nitrogens with zero attached hydrogens (tertiary/aromatic N) is 1.